The lowest BCUT2D eigenvalue weighted by atomic mass is 9.95. The van der Waals surface area contributed by atoms with Gasteiger partial charge in [-0.05, 0) is 47.9 Å². The molecule has 3 saturated heterocycles. The van der Waals surface area contributed by atoms with Gasteiger partial charge in [0.05, 0.1) is 40.1 Å². The number of rotatable bonds is 19. The van der Waals surface area contributed by atoms with Crippen LogP contribution in [-0.2, 0) is 72.0 Å². The van der Waals surface area contributed by atoms with Crippen LogP contribution in [0.15, 0.2) is 144 Å². The van der Waals surface area contributed by atoms with E-state index < -0.39 is 89.2 Å². The van der Waals surface area contributed by atoms with Crippen LogP contribution in [0.1, 0.15) is 41.0 Å². The second kappa shape index (κ2) is 25.5. The predicted molar refractivity (Wildman–Crippen MR) is 266 cm³/mol. The molecule has 1 N–H and O–H groups in total. The number of amides is 1. The zero-order valence-electron chi connectivity index (χ0n) is 39.2. The van der Waals surface area contributed by atoms with Gasteiger partial charge >= 0.3 is 12.1 Å². The Kier molecular flexibility index (Phi) is 19.0. The predicted octanol–water partition coefficient (Wildman–Crippen LogP) is 9.83. The van der Waals surface area contributed by atoms with Gasteiger partial charge in [0, 0.05) is 17.4 Å². The van der Waals surface area contributed by atoms with E-state index in [9.17, 15) is 9.59 Å². The first-order valence-electron chi connectivity index (χ1n) is 23.1. The van der Waals surface area contributed by atoms with Gasteiger partial charge in [0.2, 0.25) is 3.79 Å². The second-order valence-electron chi connectivity index (χ2n) is 17.1. The average Bonchev–Trinajstić information content (AvgIpc) is 3.37. The van der Waals surface area contributed by atoms with Gasteiger partial charge < -0.3 is 57.4 Å². The summed E-state index contributed by atoms with van der Waals surface area (Å²) in [7, 11) is 1.61. The maximum Gasteiger partial charge on any atom is 0.407 e. The number of carbonyl (C=O) groups is 2. The second-order valence-corrected chi connectivity index (χ2v) is 20.8. The standard InChI is InChI=1S/C53H56Cl3NO13S/c1-33-19-25-40(26-20-33)71-51-43(57-52(59)65-32-53(54,55)56)46(66-34(2)58)44(41(68-51)30-61-27-35-13-7-4-8-14-35)70-50-48(63-28-36-15-9-5-10-16-36)47(62-29-37-21-23-39(60-3)24-22-37)45-42(67-50)31-64-49(69-45)38-17-11-6-12-18-38/h4-26,41-51H,27-32H2,1-3H3,(H,57,59)/t41-,42-,43-,44-,45-,46-,47+,48+,49-,50-,51+/m1/s1. The van der Waals surface area contributed by atoms with Crippen LogP contribution >= 0.6 is 46.6 Å². The molecule has 11 atom stereocenters. The summed E-state index contributed by atoms with van der Waals surface area (Å²) in [5.74, 6) is 0.0271. The van der Waals surface area contributed by atoms with E-state index in [1.807, 2.05) is 146 Å². The van der Waals surface area contributed by atoms with Crippen LogP contribution in [0.4, 0.5) is 4.79 Å². The fourth-order valence-electron chi connectivity index (χ4n) is 8.37. The molecule has 71 heavy (non-hydrogen) atoms. The van der Waals surface area contributed by atoms with Crippen LogP contribution in [0.3, 0.4) is 0 Å². The first-order valence-corrected chi connectivity index (χ1v) is 25.1. The number of aryl methyl sites for hydroxylation is 1. The van der Waals surface area contributed by atoms with Gasteiger partial charge in [-0.25, -0.2) is 4.79 Å². The van der Waals surface area contributed by atoms with E-state index in [2.05, 4.69) is 5.32 Å². The van der Waals surface area contributed by atoms with Gasteiger partial charge in [-0.1, -0.05) is 167 Å². The fraction of sp³-hybridized carbons (Fsp3) is 0.396. The van der Waals surface area contributed by atoms with E-state index in [-0.39, 0.29) is 33.0 Å². The monoisotopic (exact) mass is 1050 g/mol. The van der Waals surface area contributed by atoms with E-state index in [4.69, 9.17) is 86.9 Å². The Bertz CT molecular complexity index is 2420. The molecule has 378 valence electrons. The van der Waals surface area contributed by atoms with Crippen LogP contribution in [0.2, 0.25) is 0 Å². The zero-order chi connectivity index (χ0) is 49.7. The molecule has 0 saturated carbocycles. The van der Waals surface area contributed by atoms with Crippen LogP contribution in [0.25, 0.3) is 0 Å². The highest BCUT2D eigenvalue weighted by Gasteiger charge is 2.56. The minimum Gasteiger partial charge on any atom is -0.497 e. The van der Waals surface area contributed by atoms with E-state index >= 15 is 0 Å². The van der Waals surface area contributed by atoms with E-state index in [0.717, 1.165) is 32.7 Å². The smallest absolute Gasteiger partial charge is 0.407 e. The largest absolute Gasteiger partial charge is 0.497 e. The number of methoxy groups -OCH3 is 1. The van der Waals surface area contributed by atoms with Gasteiger partial charge in [-0.15, -0.1) is 0 Å². The van der Waals surface area contributed by atoms with Crippen molar-refractivity contribution in [2.24, 2.45) is 0 Å². The van der Waals surface area contributed by atoms with Crippen molar-refractivity contribution in [3.05, 3.63) is 167 Å². The first-order chi connectivity index (χ1) is 34.4. The third-order valence-corrected chi connectivity index (χ3v) is 13.3. The normalized spacial score (nSPS) is 26.4. The molecule has 3 aliphatic heterocycles. The van der Waals surface area contributed by atoms with Crippen molar-refractivity contribution < 1.29 is 61.7 Å². The van der Waals surface area contributed by atoms with Crippen molar-refractivity contribution in [2.75, 3.05) is 26.9 Å². The molecule has 0 aromatic heterocycles. The Balaban J connectivity index is 1.18. The summed E-state index contributed by atoms with van der Waals surface area (Å²) in [5.41, 5.74) is 3.57. The number of halogens is 3. The Morgan fingerprint density at radius 2 is 1.34 bits per heavy atom. The molecule has 0 radical (unpaired) electrons. The molecule has 8 rings (SSSR count). The Morgan fingerprint density at radius 1 is 0.718 bits per heavy atom. The number of alkyl halides is 3. The van der Waals surface area contributed by atoms with E-state index in [1.165, 1.54) is 18.7 Å². The molecule has 0 bridgehead atoms. The lowest BCUT2D eigenvalue weighted by molar-refractivity contribution is -0.385. The minimum atomic E-state index is -1.91. The van der Waals surface area contributed by atoms with Crippen LogP contribution < -0.4 is 10.1 Å². The molecule has 0 unspecified atom stereocenters. The van der Waals surface area contributed by atoms with Crippen molar-refractivity contribution in [3.63, 3.8) is 0 Å². The summed E-state index contributed by atoms with van der Waals surface area (Å²) in [6, 6.07) is 43.1. The zero-order valence-corrected chi connectivity index (χ0v) is 42.3. The Hall–Kier alpha value is -4.46. The number of hydrogen-bond donors (Lipinski definition) is 1. The summed E-state index contributed by atoms with van der Waals surface area (Å²) in [6.07, 6.45) is -9.76. The summed E-state index contributed by atoms with van der Waals surface area (Å²) in [4.78, 5) is 27.8. The Morgan fingerprint density at radius 3 is 1.97 bits per heavy atom. The first kappa shape index (κ1) is 52.9. The quantitative estimate of drug-likeness (QED) is 0.0618. The van der Waals surface area contributed by atoms with Gasteiger partial charge in [0.15, 0.2) is 18.7 Å². The third-order valence-electron chi connectivity index (χ3n) is 11.8. The number of benzene rings is 5. The van der Waals surface area contributed by atoms with Crippen molar-refractivity contribution >= 4 is 58.6 Å². The molecule has 18 heteroatoms. The van der Waals surface area contributed by atoms with E-state index in [1.54, 1.807) is 7.11 Å². The molecule has 5 aromatic carbocycles. The van der Waals surface area contributed by atoms with Crippen LogP contribution in [0.5, 0.6) is 5.75 Å². The Labute approximate surface area is 432 Å². The molecule has 3 heterocycles. The van der Waals surface area contributed by atoms with E-state index in [0.29, 0.717) is 5.75 Å². The molecule has 3 aliphatic rings. The maximum atomic E-state index is 13.7. The van der Waals surface area contributed by atoms with Crippen molar-refractivity contribution in [3.8, 4) is 5.75 Å². The highest BCUT2D eigenvalue weighted by atomic mass is 35.6. The fourth-order valence-corrected chi connectivity index (χ4v) is 9.66. The van der Waals surface area contributed by atoms with Crippen molar-refractivity contribution in [2.45, 2.75) is 109 Å². The minimum absolute atomic E-state index is 0.0522. The highest BCUT2D eigenvalue weighted by molar-refractivity contribution is 7.99. The lowest BCUT2D eigenvalue weighted by Crippen LogP contribution is -2.68. The molecule has 1 amide bonds. The average molecular weight is 1050 g/mol. The molecule has 0 spiro atoms. The number of hydrogen-bond acceptors (Lipinski definition) is 14. The van der Waals surface area contributed by atoms with Crippen LogP contribution in [-0.4, -0.2) is 103 Å². The van der Waals surface area contributed by atoms with Gasteiger partial charge in [0.25, 0.3) is 0 Å². The molecule has 0 aliphatic carbocycles. The summed E-state index contributed by atoms with van der Waals surface area (Å²) in [6.45, 7) is 3.20. The highest BCUT2D eigenvalue weighted by Crippen LogP contribution is 2.41. The number of thioether (sulfide) groups is 1. The topological polar surface area (TPSA) is 148 Å². The number of fused-ring (bicyclic) bond motifs is 1. The number of ether oxygens (including phenoxy) is 11. The maximum absolute atomic E-state index is 13.7. The number of alkyl carbamates (subject to hydrolysis) is 1. The molecular formula is C53H56Cl3NO13S. The number of nitrogens with one attached hydrogen (secondary N) is 1. The summed E-state index contributed by atoms with van der Waals surface area (Å²) < 4.78 is 69.4. The van der Waals surface area contributed by atoms with Gasteiger partial charge in [-0.2, -0.15) is 0 Å². The molecule has 5 aromatic rings. The molecule has 14 nitrogen and oxygen atoms in total. The van der Waals surface area contributed by atoms with Crippen molar-refractivity contribution in [1.29, 1.82) is 0 Å². The lowest BCUT2D eigenvalue weighted by Gasteiger charge is -2.51. The number of carbonyl (C=O) groups excluding carboxylic acids is 2. The van der Waals surface area contributed by atoms with Gasteiger partial charge in [0.1, 0.15) is 60.5 Å². The SMILES string of the molecule is COc1ccc(CO[C@@H]2[C@H](OCc3ccccc3)[C@@H](O[C@H]3[C@H](OC(C)=O)[C@@H](NC(=O)OCC(Cl)(Cl)Cl)[C@H](Sc4ccc(C)cc4)O[C@@H]3COCc3ccccc3)O[C@@H]3CO[C@@H](c4ccccc4)O[C@@H]23)cc1. The van der Waals surface area contributed by atoms with Gasteiger partial charge in [-0.3, -0.25) is 4.79 Å². The molecule has 3 fully saturated rings. The number of esters is 1. The third kappa shape index (κ3) is 15.1. The molecular weight excluding hydrogens is 997 g/mol. The summed E-state index contributed by atoms with van der Waals surface area (Å²) >= 11 is 19.3. The van der Waals surface area contributed by atoms with Crippen LogP contribution in [0, 0.1) is 6.92 Å². The van der Waals surface area contributed by atoms with Crippen molar-refractivity contribution in [1.82, 2.24) is 5.32 Å². The summed E-state index contributed by atoms with van der Waals surface area (Å²) in [5, 5.41) is 2.85.